The van der Waals surface area contributed by atoms with E-state index in [0.717, 1.165) is 23.7 Å². The Balaban J connectivity index is 0.000000182. The maximum absolute atomic E-state index is 2.37. The van der Waals surface area contributed by atoms with E-state index in [1.807, 2.05) is 0 Å². The van der Waals surface area contributed by atoms with Crippen LogP contribution in [0.2, 0.25) is 0 Å². The van der Waals surface area contributed by atoms with E-state index in [0.29, 0.717) is 0 Å². The Morgan fingerprint density at radius 1 is 0.351 bits per heavy atom. The average Bonchev–Trinajstić information content (AvgIpc) is 3.27. The summed E-state index contributed by atoms with van der Waals surface area (Å²) in [5.41, 5.74) is 7.85. The predicted octanol–water partition coefficient (Wildman–Crippen LogP) is 11.5. The molecule has 2 aliphatic rings. The Kier molecular flexibility index (Phi) is 13.8. The van der Waals surface area contributed by atoms with E-state index in [1.165, 1.54) is 78.3 Å². The van der Waals surface area contributed by atoms with Crippen LogP contribution in [-0.4, -0.2) is 0 Å². The van der Waals surface area contributed by atoms with Crippen molar-refractivity contribution in [2.75, 3.05) is 0 Å². The maximum atomic E-state index is 2.37. The van der Waals surface area contributed by atoms with Crippen LogP contribution in [-0.2, 0) is 0 Å². The Hall–Kier alpha value is -2.34. The van der Waals surface area contributed by atoms with Crippen molar-refractivity contribution in [3.8, 4) is 11.1 Å². The lowest BCUT2D eigenvalue weighted by Gasteiger charge is -2.22. The molecule has 0 amide bonds. The minimum absolute atomic E-state index is 1.02. The first kappa shape index (κ1) is 30.9. The highest BCUT2D eigenvalue weighted by Crippen LogP contribution is 2.29. The van der Waals surface area contributed by atoms with Crippen LogP contribution in [0.1, 0.15) is 94.9 Å². The third kappa shape index (κ3) is 13.1. The van der Waals surface area contributed by atoms with Crippen molar-refractivity contribution in [2.45, 2.75) is 100 Å². The third-order valence-corrected chi connectivity index (χ3v) is 7.92. The van der Waals surface area contributed by atoms with Crippen LogP contribution in [0.15, 0.2) is 72.8 Å². The van der Waals surface area contributed by atoms with Gasteiger partial charge in [-0.25, -0.2) is 0 Å². The van der Waals surface area contributed by atoms with Gasteiger partial charge in [-0.1, -0.05) is 161 Å². The van der Waals surface area contributed by atoms with Crippen LogP contribution in [0.25, 0.3) is 11.1 Å². The molecule has 0 nitrogen and oxygen atoms in total. The van der Waals surface area contributed by atoms with Crippen LogP contribution in [0, 0.1) is 51.4 Å². The first-order chi connectivity index (χ1) is 17.6. The van der Waals surface area contributed by atoms with E-state index in [4.69, 9.17) is 0 Å². The molecule has 3 aromatic rings. The molecule has 2 aliphatic carbocycles. The quantitative estimate of drug-likeness (QED) is 0.313. The maximum Gasteiger partial charge on any atom is -0.0184 e. The minimum Gasteiger partial charge on any atom is -0.0625 e. The standard InChI is InChI=1S/C14H14.C8H16.C8H10.C7H14/c1-11-3-7-13(8-4-11)14-9-5-12(2)6-10-14;2*1-7-3-5-8(2)6-4-7;1-6-3-4-7(2)5-6/h3-10H,1-2H3;7-8H,3-6H2,1-2H3;3-6H,1-2H3;6-7H,3-5H2,1-2H3. The second-order valence-electron chi connectivity index (χ2n) is 12.3. The summed E-state index contributed by atoms with van der Waals surface area (Å²) in [4.78, 5) is 0. The molecule has 0 aromatic heterocycles. The number of aryl methyl sites for hydroxylation is 4. The van der Waals surface area contributed by atoms with E-state index in [9.17, 15) is 0 Å². The number of benzene rings is 3. The Morgan fingerprint density at radius 3 is 0.784 bits per heavy atom. The van der Waals surface area contributed by atoms with Gasteiger partial charge in [-0.2, -0.15) is 0 Å². The zero-order valence-electron chi connectivity index (χ0n) is 25.2. The van der Waals surface area contributed by atoms with Gasteiger partial charge in [0.05, 0.1) is 0 Å². The lowest BCUT2D eigenvalue weighted by molar-refractivity contribution is 0.308. The largest absolute Gasteiger partial charge is 0.0625 e. The van der Waals surface area contributed by atoms with E-state index in [-0.39, 0.29) is 0 Å². The van der Waals surface area contributed by atoms with Crippen LogP contribution < -0.4 is 0 Å². The van der Waals surface area contributed by atoms with Gasteiger partial charge in [0.1, 0.15) is 0 Å². The molecular formula is C37H54. The highest BCUT2D eigenvalue weighted by molar-refractivity contribution is 5.63. The number of hydrogen-bond donors (Lipinski definition) is 0. The molecule has 3 aromatic carbocycles. The molecule has 2 unspecified atom stereocenters. The fourth-order valence-electron chi connectivity index (χ4n) is 5.05. The van der Waals surface area contributed by atoms with Gasteiger partial charge in [0.25, 0.3) is 0 Å². The molecule has 2 saturated carbocycles. The molecular weight excluding hydrogens is 444 g/mol. The van der Waals surface area contributed by atoms with Gasteiger partial charge in [-0.3, -0.25) is 0 Å². The topological polar surface area (TPSA) is 0 Å². The summed E-state index contributed by atoms with van der Waals surface area (Å²) in [5.74, 6) is 4.09. The van der Waals surface area contributed by atoms with Gasteiger partial charge >= 0.3 is 0 Å². The second kappa shape index (κ2) is 16.5. The van der Waals surface area contributed by atoms with Crippen LogP contribution in [0.4, 0.5) is 0 Å². The molecule has 0 saturated heterocycles. The second-order valence-corrected chi connectivity index (χ2v) is 12.3. The molecule has 2 atom stereocenters. The summed E-state index contributed by atoms with van der Waals surface area (Å²) in [7, 11) is 0. The van der Waals surface area contributed by atoms with Crippen LogP contribution >= 0.6 is 0 Å². The number of rotatable bonds is 1. The summed E-state index contributed by atoms with van der Waals surface area (Å²) >= 11 is 0. The zero-order chi connectivity index (χ0) is 27.2. The molecule has 0 bridgehead atoms. The van der Waals surface area contributed by atoms with E-state index in [2.05, 4.69) is 128 Å². The van der Waals surface area contributed by atoms with Crippen molar-refractivity contribution < 1.29 is 0 Å². The van der Waals surface area contributed by atoms with E-state index < -0.39 is 0 Å². The van der Waals surface area contributed by atoms with Gasteiger partial charge in [-0.05, 0) is 68.9 Å². The van der Waals surface area contributed by atoms with Gasteiger partial charge in [0, 0.05) is 0 Å². The van der Waals surface area contributed by atoms with Crippen molar-refractivity contribution in [1.29, 1.82) is 0 Å². The van der Waals surface area contributed by atoms with Gasteiger partial charge < -0.3 is 0 Å². The minimum atomic E-state index is 1.02. The molecule has 0 aliphatic heterocycles. The summed E-state index contributed by atoms with van der Waals surface area (Å²) in [6.07, 6.45) is 10.3. The monoisotopic (exact) mass is 498 g/mol. The normalized spacial score (nSPS) is 22.4. The Bertz CT molecular complexity index is 887. The molecule has 202 valence electrons. The highest BCUT2D eigenvalue weighted by atomic mass is 14.2. The van der Waals surface area contributed by atoms with Crippen molar-refractivity contribution in [3.63, 3.8) is 0 Å². The van der Waals surface area contributed by atoms with Gasteiger partial charge in [-0.15, -0.1) is 0 Å². The van der Waals surface area contributed by atoms with Crippen molar-refractivity contribution >= 4 is 0 Å². The van der Waals surface area contributed by atoms with Crippen LogP contribution in [0.5, 0.6) is 0 Å². The van der Waals surface area contributed by atoms with Crippen molar-refractivity contribution in [1.82, 2.24) is 0 Å². The Labute approximate surface area is 229 Å². The average molecular weight is 499 g/mol. The van der Waals surface area contributed by atoms with E-state index >= 15 is 0 Å². The first-order valence-electron chi connectivity index (χ1n) is 14.8. The zero-order valence-corrected chi connectivity index (χ0v) is 25.2. The third-order valence-electron chi connectivity index (χ3n) is 7.92. The molecule has 0 N–H and O–H groups in total. The lowest BCUT2D eigenvalue weighted by Crippen LogP contribution is -2.08. The van der Waals surface area contributed by atoms with Gasteiger partial charge in [0.2, 0.25) is 0 Å². The molecule has 0 spiro atoms. The molecule has 37 heavy (non-hydrogen) atoms. The predicted molar refractivity (Wildman–Crippen MR) is 166 cm³/mol. The first-order valence-corrected chi connectivity index (χ1v) is 14.8. The lowest BCUT2D eigenvalue weighted by atomic mass is 9.84. The Morgan fingerprint density at radius 2 is 0.568 bits per heavy atom. The number of hydrogen-bond acceptors (Lipinski definition) is 0. The van der Waals surface area contributed by atoms with Gasteiger partial charge in [0.15, 0.2) is 0 Å². The molecule has 0 heterocycles. The summed E-state index contributed by atoms with van der Waals surface area (Å²) in [6, 6.07) is 25.7. The smallest absolute Gasteiger partial charge is 0.0184 e. The molecule has 0 heteroatoms. The summed E-state index contributed by atoms with van der Waals surface area (Å²) in [6.45, 7) is 17.8. The highest BCUT2D eigenvalue weighted by Gasteiger charge is 2.16. The molecule has 5 rings (SSSR count). The SMILES string of the molecule is CC1CCC(C)C1.CC1CCC(C)CC1.Cc1ccc(-c2ccc(C)cc2)cc1.Cc1ccc(C)cc1. The fraction of sp³-hybridized carbons (Fsp3) is 0.514. The van der Waals surface area contributed by atoms with Crippen molar-refractivity contribution in [2.24, 2.45) is 23.7 Å². The molecule has 2 fully saturated rings. The summed E-state index contributed by atoms with van der Waals surface area (Å²) in [5, 5.41) is 0. The van der Waals surface area contributed by atoms with E-state index in [1.54, 1.807) is 0 Å². The van der Waals surface area contributed by atoms with Crippen LogP contribution in [0.3, 0.4) is 0 Å². The van der Waals surface area contributed by atoms with Crippen molar-refractivity contribution in [3.05, 3.63) is 95.1 Å². The molecule has 0 radical (unpaired) electrons. The summed E-state index contributed by atoms with van der Waals surface area (Å²) < 4.78 is 0. The fourth-order valence-corrected chi connectivity index (χ4v) is 5.05.